The van der Waals surface area contributed by atoms with Crippen LogP contribution >= 0.6 is 0 Å². The monoisotopic (exact) mass is 1020 g/mol. The second kappa shape index (κ2) is 24.7. The molecule has 1 heterocycles. The minimum absolute atomic E-state index is 0.0236. The van der Waals surface area contributed by atoms with Gasteiger partial charge in [-0.2, -0.15) is 8.42 Å². The lowest BCUT2D eigenvalue weighted by Gasteiger charge is -2.40. The normalized spacial score (nSPS) is 19.8. The molecule has 0 aromatic heterocycles. The van der Waals surface area contributed by atoms with Gasteiger partial charge in [-0.15, -0.1) is 0 Å². The molecule has 0 spiro atoms. The summed E-state index contributed by atoms with van der Waals surface area (Å²) < 4.78 is 152. The molecule has 0 radical (unpaired) electrons. The first kappa shape index (κ1) is 56.6. The van der Waals surface area contributed by atoms with E-state index in [1.165, 1.54) is 24.3 Å². The van der Waals surface area contributed by atoms with E-state index in [2.05, 4.69) is 0 Å². The number of carbonyl (C=O) groups is 1. The maximum Gasteiger partial charge on any atom is 0.303 e. The fourth-order valence-corrected chi connectivity index (χ4v) is 11.1. The molecule has 1 aliphatic heterocycles. The molecule has 0 amide bonds. The number of methoxy groups -OCH3 is 1. The molecule has 68 heavy (non-hydrogen) atoms. The Morgan fingerprint density at radius 1 is 0.721 bits per heavy atom. The highest BCUT2D eigenvalue weighted by atomic mass is 32.2. The number of allylic oxidation sites excluding steroid dienone is 10. The van der Waals surface area contributed by atoms with Crippen molar-refractivity contribution in [1.82, 2.24) is 0 Å². The summed E-state index contributed by atoms with van der Waals surface area (Å²) in [6.45, 7) is 4.75. The van der Waals surface area contributed by atoms with Gasteiger partial charge >= 0.3 is 5.97 Å². The molecule has 0 saturated carbocycles. The van der Waals surface area contributed by atoms with Crippen LogP contribution in [0.4, 0.5) is 5.69 Å². The average Bonchev–Trinajstić information content (AvgIpc) is 3.45. The van der Waals surface area contributed by atoms with Gasteiger partial charge in [0, 0.05) is 54.6 Å². The van der Waals surface area contributed by atoms with Crippen LogP contribution in [0.5, 0.6) is 0 Å². The maximum absolute atomic E-state index is 12.2. The molecule has 1 aliphatic carbocycles. The molecular weight excluding hydrogens is 963 g/mol. The molecule has 17 nitrogen and oxygen atoms in total. The van der Waals surface area contributed by atoms with Crippen LogP contribution in [0.1, 0.15) is 108 Å². The first-order valence-electron chi connectivity index (χ1n) is 22.4. The van der Waals surface area contributed by atoms with Gasteiger partial charge in [-0.05, 0) is 117 Å². The summed E-state index contributed by atoms with van der Waals surface area (Å²) in [6, 6.07) is 8.23. The maximum atomic E-state index is 12.2. The number of unbranched alkanes of at least 4 members (excludes halogenated alkanes) is 5. The third kappa shape index (κ3) is 16.6. The van der Waals surface area contributed by atoms with Gasteiger partial charge in [-0.25, -0.2) is 25.3 Å². The van der Waals surface area contributed by atoms with Crippen LogP contribution in [0.25, 0.3) is 0 Å². The lowest BCUT2D eigenvalue weighted by molar-refractivity contribution is -0.137. The van der Waals surface area contributed by atoms with E-state index in [9.17, 15) is 56.7 Å². The Bertz CT molecular complexity index is 2710. The van der Waals surface area contributed by atoms with Crippen molar-refractivity contribution in [2.45, 2.75) is 118 Å². The number of fused-ring (bicyclic) bond motifs is 2. The lowest BCUT2D eigenvalue weighted by atomic mass is 9.65. The van der Waals surface area contributed by atoms with Crippen LogP contribution in [-0.4, -0.2) is 108 Å². The molecule has 2 unspecified atom stereocenters. The van der Waals surface area contributed by atoms with Crippen molar-refractivity contribution in [3.63, 3.8) is 0 Å². The second-order valence-corrected chi connectivity index (χ2v) is 23.3. The van der Waals surface area contributed by atoms with Crippen molar-refractivity contribution in [3.8, 4) is 0 Å². The number of carboxylic acid groups (broad SMARTS) is 1. The zero-order valence-electron chi connectivity index (χ0n) is 38.6. The van der Waals surface area contributed by atoms with Crippen LogP contribution in [0.15, 0.2) is 106 Å². The van der Waals surface area contributed by atoms with Crippen molar-refractivity contribution in [1.29, 1.82) is 0 Å². The van der Waals surface area contributed by atoms with Gasteiger partial charge in [0.2, 0.25) is 0 Å². The number of ether oxygens (including phenoxy) is 2. The van der Waals surface area contributed by atoms with Crippen LogP contribution in [0, 0.1) is 0 Å². The fourth-order valence-electron chi connectivity index (χ4n) is 9.07. The molecule has 21 heteroatoms. The second-order valence-electron chi connectivity index (χ2n) is 17.5. The Kier molecular flexibility index (Phi) is 20.5. The van der Waals surface area contributed by atoms with E-state index in [-0.39, 0.29) is 37.1 Å². The van der Waals surface area contributed by atoms with Gasteiger partial charge in [0.1, 0.15) is 20.2 Å². The first-order valence-corrected chi connectivity index (χ1v) is 28.4. The van der Waals surface area contributed by atoms with E-state index >= 15 is 0 Å². The molecule has 2 aliphatic rings. The Hall–Kier alpha value is -4.03. The smallest absolute Gasteiger partial charge is 0.303 e. The minimum Gasteiger partial charge on any atom is -0.748 e. The number of nitrogens with zero attached hydrogens (tertiary/aromatic N) is 1. The molecule has 0 bridgehead atoms. The fraction of sp³-hybridized carbons (Fsp3) is 0.511. The summed E-state index contributed by atoms with van der Waals surface area (Å²) in [4.78, 5) is 11.8. The standard InChI is InChI=1S/C47H65NO16S4/c1-46(26-28-64-30-29-63-3)40(36(17-11-7-4-5-10-14-20-45(49)50)33-37-21-22-38(34-41(37)46)67(57,58)59)18-12-8-6-9-13-19-44-47(2,25-15-31-65(51,52)53)42-35-39(68(60,61)62)23-24-43(42)48(44)27-16-32-66(54,55)56/h6,8-9,12-13,18-19,21-24,34-35H,4-5,7,10-11,14-17,20,25-33H2,1-3H3,(H,49,50)(H,51,52,53)(H,54,55,56)(H,57,58,59)(H,60,61,62)/p-3/b8-6+,13-9+,18-12+,44-19+. The number of anilines is 1. The van der Waals surface area contributed by atoms with E-state index in [4.69, 9.17) is 14.6 Å². The Morgan fingerprint density at radius 3 is 1.97 bits per heavy atom. The Morgan fingerprint density at radius 2 is 1.34 bits per heavy atom. The minimum atomic E-state index is -4.92. The Balaban J connectivity index is 1.72. The largest absolute Gasteiger partial charge is 0.748 e. The van der Waals surface area contributed by atoms with Crippen LogP contribution in [-0.2, 0) is 72.0 Å². The van der Waals surface area contributed by atoms with Crippen molar-refractivity contribution in [2.75, 3.05) is 49.9 Å². The summed E-state index contributed by atoms with van der Waals surface area (Å²) in [6.07, 6.45) is 19.1. The SMILES string of the molecule is COCCOCCC1(C)C(/C=C/C=C/C=C/C=C2/N(CCCS(=O)(=O)O)c3ccc(S(=O)(=O)[O-])cc3C2(C)CCCS(=O)(=O)[O-])=C(CCCCCCCCC(=O)O)Cc2ccc(S(=O)(=O)[O-])cc21. The van der Waals surface area contributed by atoms with Crippen LogP contribution in [0.3, 0.4) is 0 Å². The van der Waals surface area contributed by atoms with E-state index in [0.29, 0.717) is 61.6 Å². The molecule has 4 rings (SSSR count). The van der Waals surface area contributed by atoms with Gasteiger partial charge in [0.05, 0.1) is 38.9 Å². The van der Waals surface area contributed by atoms with E-state index in [1.807, 2.05) is 19.1 Å². The van der Waals surface area contributed by atoms with E-state index < -0.39 is 73.7 Å². The molecule has 378 valence electrons. The van der Waals surface area contributed by atoms with Crippen molar-refractivity contribution >= 4 is 52.1 Å². The zero-order chi connectivity index (χ0) is 50.4. The van der Waals surface area contributed by atoms with E-state index in [1.54, 1.807) is 55.4 Å². The number of carboxylic acids is 1. The number of benzene rings is 2. The molecule has 2 N–H and O–H groups in total. The molecule has 0 saturated heterocycles. The predicted molar refractivity (Wildman–Crippen MR) is 254 cm³/mol. The number of aliphatic carboxylic acids is 1. The summed E-state index contributed by atoms with van der Waals surface area (Å²) in [5.74, 6) is -2.11. The summed E-state index contributed by atoms with van der Waals surface area (Å²) in [7, 11) is -17.1. The van der Waals surface area contributed by atoms with Crippen LogP contribution < -0.4 is 4.90 Å². The van der Waals surface area contributed by atoms with Gasteiger partial charge < -0.3 is 33.1 Å². The van der Waals surface area contributed by atoms with Gasteiger partial charge in [-0.3, -0.25) is 9.35 Å². The van der Waals surface area contributed by atoms with Gasteiger partial charge in [0.25, 0.3) is 10.1 Å². The topological polar surface area (TPSA) is 285 Å². The third-order valence-corrected chi connectivity index (χ3v) is 15.7. The Labute approximate surface area is 401 Å². The van der Waals surface area contributed by atoms with Crippen molar-refractivity contribution in [3.05, 3.63) is 112 Å². The molecule has 2 aromatic carbocycles. The van der Waals surface area contributed by atoms with Crippen molar-refractivity contribution in [2.24, 2.45) is 0 Å². The highest BCUT2D eigenvalue weighted by Crippen LogP contribution is 2.51. The zero-order valence-corrected chi connectivity index (χ0v) is 41.9. The number of hydrogen-bond acceptors (Lipinski definition) is 15. The first-order chi connectivity index (χ1) is 31.8. The number of rotatable bonds is 29. The summed E-state index contributed by atoms with van der Waals surface area (Å²) in [5, 5.41) is 8.96. The van der Waals surface area contributed by atoms with Crippen molar-refractivity contribution < 1.29 is 71.3 Å². The molecule has 2 atom stereocenters. The van der Waals surface area contributed by atoms with E-state index in [0.717, 1.165) is 61.3 Å². The lowest BCUT2D eigenvalue weighted by Crippen LogP contribution is -2.32. The molecular formula is C47H62NO16S4-3. The summed E-state index contributed by atoms with van der Waals surface area (Å²) in [5.41, 5.74) is 3.02. The predicted octanol–water partition coefficient (Wildman–Crippen LogP) is 6.80. The van der Waals surface area contributed by atoms with Gasteiger partial charge in [0.15, 0.2) is 0 Å². The molecule has 0 fully saturated rings. The molecule has 2 aromatic rings. The van der Waals surface area contributed by atoms with Gasteiger partial charge in [-0.1, -0.05) is 80.7 Å². The number of hydrogen-bond donors (Lipinski definition) is 2. The summed E-state index contributed by atoms with van der Waals surface area (Å²) >= 11 is 0. The third-order valence-electron chi connectivity index (χ3n) is 12.5. The highest BCUT2D eigenvalue weighted by Gasteiger charge is 2.43. The quantitative estimate of drug-likeness (QED) is 0.0481. The van der Waals surface area contributed by atoms with Crippen LogP contribution in [0.2, 0.25) is 0 Å². The highest BCUT2D eigenvalue weighted by molar-refractivity contribution is 7.86. The average molecular weight is 1030 g/mol.